The minimum atomic E-state index is -0.555. The third-order valence-electron chi connectivity index (χ3n) is 2.02. The maximum Gasteiger partial charge on any atom is 0.255 e. The van der Waals surface area contributed by atoms with Crippen LogP contribution >= 0.6 is 11.6 Å². The summed E-state index contributed by atoms with van der Waals surface area (Å²) < 4.78 is 0. The summed E-state index contributed by atoms with van der Waals surface area (Å²) in [6, 6.07) is 1.51. The number of primary amides is 1. The molecular formula is C10H12ClN3O2. The smallest absolute Gasteiger partial charge is 0.255 e. The molecule has 0 fully saturated rings. The van der Waals surface area contributed by atoms with Gasteiger partial charge in [-0.2, -0.15) is 0 Å². The van der Waals surface area contributed by atoms with Crippen LogP contribution in [0.3, 0.4) is 0 Å². The topological polar surface area (TPSA) is 76.3 Å². The van der Waals surface area contributed by atoms with Crippen molar-refractivity contribution in [2.45, 2.75) is 6.92 Å². The van der Waals surface area contributed by atoms with Gasteiger partial charge < -0.3 is 10.6 Å². The lowest BCUT2D eigenvalue weighted by Gasteiger charge is -2.19. The SMILES string of the molecule is CCN(CC(N)=O)C(=O)c1ccncc1Cl. The Morgan fingerprint density at radius 2 is 2.25 bits per heavy atom. The number of hydrogen-bond donors (Lipinski definition) is 1. The van der Waals surface area contributed by atoms with E-state index < -0.39 is 5.91 Å². The van der Waals surface area contributed by atoms with Crippen LogP contribution in [0.4, 0.5) is 0 Å². The largest absolute Gasteiger partial charge is 0.368 e. The van der Waals surface area contributed by atoms with E-state index >= 15 is 0 Å². The molecule has 0 unspecified atom stereocenters. The molecule has 5 nitrogen and oxygen atoms in total. The van der Waals surface area contributed by atoms with E-state index in [-0.39, 0.29) is 17.5 Å². The Kier molecular flexibility index (Phi) is 4.25. The van der Waals surface area contributed by atoms with Crippen molar-refractivity contribution in [2.24, 2.45) is 5.73 Å². The molecule has 6 heteroatoms. The van der Waals surface area contributed by atoms with Gasteiger partial charge in [-0.25, -0.2) is 0 Å². The highest BCUT2D eigenvalue weighted by molar-refractivity contribution is 6.33. The van der Waals surface area contributed by atoms with Gasteiger partial charge in [0.1, 0.15) is 0 Å². The van der Waals surface area contributed by atoms with Crippen molar-refractivity contribution in [2.75, 3.05) is 13.1 Å². The van der Waals surface area contributed by atoms with Crippen molar-refractivity contribution in [3.05, 3.63) is 29.0 Å². The first kappa shape index (κ1) is 12.4. The second kappa shape index (κ2) is 5.46. The van der Waals surface area contributed by atoms with E-state index in [0.717, 1.165) is 0 Å². The van der Waals surface area contributed by atoms with E-state index in [1.165, 1.54) is 23.4 Å². The lowest BCUT2D eigenvalue weighted by atomic mass is 10.2. The summed E-state index contributed by atoms with van der Waals surface area (Å²) in [4.78, 5) is 27.8. The van der Waals surface area contributed by atoms with E-state index in [2.05, 4.69) is 4.98 Å². The molecule has 2 N–H and O–H groups in total. The zero-order chi connectivity index (χ0) is 12.1. The maximum atomic E-state index is 11.9. The first-order valence-electron chi connectivity index (χ1n) is 4.73. The number of carbonyl (C=O) groups excluding carboxylic acids is 2. The van der Waals surface area contributed by atoms with Crippen LogP contribution in [0.2, 0.25) is 5.02 Å². The number of halogens is 1. The van der Waals surface area contributed by atoms with Gasteiger partial charge in [-0.05, 0) is 13.0 Å². The zero-order valence-electron chi connectivity index (χ0n) is 8.81. The number of carbonyl (C=O) groups is 2. The summed E-state index contributed by atoms with van der Waals surface area (Å²) in [6.07, 6.45) is 2.85. The molecule has 0 aliphatic rings. The molecule has 0 saturated carbocycles. The van der Waals surface area contributed by atoms with E-state index in [1.807, 2.05) is 0 Å². The van der Waals surface area contributed by atoms with Gasteiger partial charge >= 0.3 is 0 Å². The Morgan fingerprint density at radius 1 is 1.56 bits per heavy atom. The number of rotatable bonds is 4. The molecule has 0 bridgehead atoms. The quantitative estimate of drug-likeness (QED) is 0.842. The molecule has 0 radical (unpaired) electrons. The molecule has 1 heterocycles. The Bertz CT molecular complexity index is 409. The van der Waals surface area contributed by atoms with Crippen molar-refractivity contribution in [1.29, 1.82) is 0 Å². The molecule has 0 atom stereocenters. The van der Waals surface area contributed by atoms with Gasteiger partial charge in [0.05, 0.1) is 17.1 Å². The Hall–Kier alpha value is -1.62. The minimum absolute atomic E-state index is 0.117. The number of likely N-dealkylation sites (N-methyl/N-ethyl adjacent to an activating group) is 1. The van der Waals surface area contributed by atoms with Crippen LogP contribution in [-0.4, -0.2) is 34.8 Å². The van der Waals surface area contributed by atoms with Gasteiger partial charge in [-0.3, -0.25) is 14.6 Å². The van der Waals surface area contributed by atoms with Crippen molar-refractivity contribution in [1.82, 2.24) is 9.88 Å². The summed E-state index contributed by atoms with van der Waals surface area (Å²) in [5.41, 5.74) is 5.36. The van der Waals surface area contributed by atoms with Crippen molar-refractivity contribution >= 4 is 23.4 Å². The lowest BCUT2D eigenvalue weighted by Crippen LogP contribution is -2.38. The second-order valence-electron chi connectivity index (χ2n) is 3.14. The van der Waals surface area contributed by atoms with E-state index in [4.69, 9.17) is 17.3 Å². The molecule has 0 saturated heterocycles. The molecule has 2 amide bonds. The molecule has 0 aliphatic heterocycles. The summed E-state index contributed by atoms with van der Waals surface area (Å²) in [5.74, 6) is -0.880. The number of pyridine rings is 1. The van der Waals surface area contributed by atoms with Gasteiger partial charge in [0.25, 0.3) is 5.91 Å². The first-order valence-corrected chi connectivity index (χ1v) is 5.11. The predicted octanol–water partition coefficient (Wildman–Crippen LogP) is 0.682. The highest BCUT2D eigenvalue weighted by atomic mass is 35.5. The number of amides is 2. The Labute approximate surface area is 98.2 Å². The van der Waals surface area contributed by atoms with Crippen LogP contribution in [-0.2, 0) is 4.79 Å². The normalized spacial score (nSPS) is 9.88. The van der Waals surface area contributed by atoms with Gasteiger partial charge in [0.15, 0.2) is 0 Å². The van der Waals surface area contributed by atoms with Gasteiger partial charge in [0, 0.05) is 18.9 Å². The van der Waals surface area contributed by atoms with Crippen LogP contribution in [0.1, 0.15) is 17.3 Å². The fraction of sp³-hybridized carbons (Fsp3) is 0.300. The average molecular weight is 242 g/mol. The molecule has 0 aromatic carbocycles. The summed E-state index contributed by atoms with van der Waals surface area (Å²) in [6.45, 7) is 2.03. The highest BCUT2D eigenvalue weighted by Crippen LogP contribution is 2.15. The Morgan fingerprint density at radius 3 is 2.75 bits per heavy atom. The third-order valence-corrected chi connectivity index (χ3v) is 2.32. The summed E-state index contributed by atoms with van der Waals surface area (Å²) >= 11 is 5.83. The van der Waals surface area contributed by atoms with Crippen LogP contribution in [0, 0.1) is 0 Å². The predicted molar refractivity (Wildman–Crippen MR) is 60.0 cm³/mol. The summed E-state index contributed by atoms with van der Waals surface area (Å²) in [7, 11) is 0. The minimum Gasteiger partial charge on any atom is -0.368 e. The third kappa shape index (κ3) is 2.93. The van der Waals surface area contributed by atoms with Crippen molar-refractivity contribution in [3.63, 3.8) is 0 Å². The molecular weight excluding hydrogens is 230 g/mol. The molecule has 1 aromatic rings. The molecule has 0 aliphatic carbocycles. The lowest BCUT2D eigenvalue weighted by molar-refractivity contribution is -0.118. The fourth-order valence-electron chi connectivity index (χ4n) is 1.23. The van der Waals surface area contributed by atoms with Crippen LogP contribution in [0.25, 0.3) is 0 Å². The van der Waals surface area contributed by atoms with Crippen LogP contribution in [0.15, 0.2) is 18.5 Å². The standard InChI is InChI=1S/C10H12ClN3O2/c1-2-14(6-9(12)15)10(16)7-3-4-13-5-8(7)11/h3-5H,2,6H2,1H3,(H2,12,15). The van der Waals surface area contributed by atoms with Crippen molar-refractivity contribution < 1.29 is 9.59 Å². The van der Waals surface area contributed by atoms with Gasteiger partial charge in [-0.1, -0.05) is 11.6 Å². The number of nitrogens with two attached hydrogens (primary N) is 1. The maximum absolute atomic E-state index is 11.9. The van der Waals surface area contributed by atoms with E-state index in [1.54, 1.807) is 6.92 Å². The molecule has 1 aromatic heterocycles. The highest BCUT2D eigenvalue weighted by Gasteiger charge is 2.18. The molecule has 1 rings (SSSR count). The molecule has 0 spiro atoms. The fourth-order valence-corrected chi connectivity index (χ4v) is 1.43. The van der Waals surface area contributed by atoms with Gasteiger partial charge in [0.2, 0.25) is 5.91 Å². The average Bonchev–Trinajstić information content (AvgIpc) is 2.25. The van der Waals surface area contributed by atoms with Crippen LogP contribution in [0.5, 0.6) is 0 Å². The van der Waals surface area contributed by atoms with E-state index in [9.17, 15) is 9.59 Å². The first-order chi connectivity index (χ1) is 7.56. The number of aromatic nitrogens is 1. The second-order valence-corrected chi connectivity index (χ2v) is 3.55. The molecule has 16 heavy (non-hydrogen) atoms. The Balaban J connectivity index is 2.91. The summed E-state index contributed by atoms with van der Waals surface area (Å²) in [5, 5.41) is 0.260. The van der Waals surface area contributed by atoms with Crippen LogP contribution < -0.4 is 5.73 Å². The van der Waals surface area contributed by atoms with E-state index in [0.29, 0.717) is 12.1 Å². The van der Waals surface area contributed by atoms with Crippen molar-refractivity contribution in [3.8, 4) is 0 Å². The number of nitrogens with zero attached hydrogens (tertiary/aromatic N) is 2. The zero-order valence-corrected chi connectivity index (χ0v) is 9.57. The monoisotopic (exact) mass is 241 g/mol. The molecule has 86 valence electrons. The van der Waals surface area contributed by atoms with Gasteiger partial charge in [-0.15, -0.1) is 0 Å². The number of hydrogen-bond acceptors (Lipinski definition) is 3.